The summed E-state index contributed by atoms with van der Waals surface area (Å²) in [5.41, 5.74) is 8.48. The van der Waals surface area contributed by atoms with Gasteiger partial charge in [-0.25, -0.2) is 0 Å². The molecule has 0 atom stereocenters. The van der Waals surface area contributed by atoms with Crippen molar-refractivity contribution < 1.29 is 49.2 Å². The SMILES string of the molecule is [Au+].[Au+].[C-]#Cc1cccc2c1-c1ccccc1C2.[C-]#Cc1cccc2oc3ccccc3c12.c1ccc([PH+](CCCC[PH+](c2ccccc2)c2ccccc2)c2ccccc2)cc1. The maximum atomic E-state index is 7.30. The number of hydrogen-bond acceptors (Lipinski definition) is 1. The summed E-state index contributed by atoms with van der Waals surface area (Å²) < 4.78 is 5.67. The molecule has 0 unspecified atom stereocenters. The maximum absolute atomic E-state index is 7.30. The number of hydrogen-bond donors (Lipinski definition) is 0. The Balaban J connectivity index is 0.000000168. The molecule has 9 aromatic rings. The molecule has 1 nitrogen and oxygen atoms in total. The Hall–Kier alpha value is -4.98. The molecule has 0 bridgehead atoms. The van der Waals surface area contributed by atoms with Crippen molar-refractivity contribution in [2.45, 2.75) is 19.3 Å². The van der Waals surface area contributed by atoms with Gasteiger partial charge in [0.25, 0.3) is 0 Å². The zero-order chi connectivity index (χ0) is 40.9. The Morgan fingerprint density at radius 3 is 1.37 bits per heavy atom. The van der Waals surface area contributed by atoms with E-state index >= 15 is 0 Å². The van der Waals surface area contributed by atoms with Crippen molar-refractivity contribution in [3.8, 4) is 23.0 Å². The van der Waals surface area contributed by atoms with Gasteiger partial charge in [0.1, 0.15) is 11.2 Å². The minimum absolute atomic E-state index is 0. The molecule has 10 rings (SSSR count). The first kappa shape index (κ1) is 46.5. The second-order valence-electron chi connectivity index (χ2n) is 14.8. The Morgan fingerprint density at radius 1 is 0.419 bits per heavy atom. The number of rotatable bonds is 9. The van der Waals surface area contributed by atoms with E-state index in [-0.39, 0.29) is 44.8 Å². The molecular formula is C57H46Au2OP2+2. The van der Waals surface area contributed by atoms with E-state index in [2.05, 4.69) is 164 Å². The molecule has 0 radical (unpaired) electrons. The second kappa shape index (κ2) is 23.5. The molecule has 0 spiro atoms. The van der Waals surface area contributed by atoms with Crippen LogP contribution in [-0.4, -0.2) is 12.3 Å². The van der Waals surface area contributed by atoms with Crippen LogP contribution in [0.25, 0.3) is 33.1 Å². The van der Waals surface area contributed by atoms with Crippen molar-refractivity contribution >= 4 is 59.0 Å². The van der Waals surface area contributed by atoms with Gasteiger partial charge in [0.05, 0.1) is 49.4 Å². The van der Waals surface area contributed by atoms with E-state index in [0.29, 0.717) is 0 Å². The molecule has 1 heterocycles. The summed E-state index contributed by atoms with van der Waals surface area (Å²) in [4.78, 5) is 0. The van der Waals surface area contributed by atoms with Gasteiger partial charge < -0.3 is 17.3 Å². The van der Waals surface area contributed by atoms with Crippen LogP contribution < -0.4 is 21.2 Å². The van der Waals surface area contributed by atoms with Crippen molar-refractivity contribution in [3.63, 3.8) is 0 Å². The fourth-order valence-electron chi connectivity index (χ4n) is 8.24. The largest absolute Gasteiger partial charge is 1.00 e. The van der Waals surface area contributed by atoms with Crippen LogP contribution in [0, 0.1) is 24.7 Å². The molecule has 1 aromatic heterocycles. The molecular weight excluding hydrogens is 1160 g/mol. The van der Waals surface area contributed by atoms with Gasteiger partial charge in [-0.15, -0.1) is 23.3 Å². The standard InChI is InChI=1S/C28H28P2.C15H9.C14H7O.2Au/c1-5-15-25(16-6-1)29(26-17-7-2-8-18-26)23-13-14-24-30(27-19-9-3-10-20-27)28-21-11-4-12-22-28;1-2-11-7-5-8-13-10-12-6-3-4-9-14(12)15(11)13;1-2-10-6-5-9-13-14(10)11-7-3-4-8-12(11)15-13;;/h1-12,15-22H,13-14,23-24H2;3-9H,10H2;3-9H;;/q;2*-1;2*+1/p+2. The molecule has 1 aliphatic carbocycles. The minimum Gasteiger partial charge on any atom is -0.458 e. The van der Waals surface area contributed by atoms with Gasteiger partial charge in [0.2, 0.25) is 0 Å². The number of fused-ring (bicyclic) bond motifs is 6. The summed E-state index contributed by atoms with van der Waals surface area (Å²) in [5.74, 6) is 4.96. The predicted octanol–water partition coefficient (Wildman–Crippen LogP) is 12.2. The zero-order valence-corrected chi connectivity index (χ0v) is 40.5. The molecule has 62 heavy (non-hydrogen) atoms. The van der Waals surface area contributed by atoms with Crippen LogP contribution in [0.1, 0.15) is 35.1 Å². The second-order valence-corrected chi connectivity index (χ2v) is 20.1. The monoisotopic (exact) mass is 1200 g/mol. The quantitative estimate of drug-likeness (QED) is 0.0462. The van der Waals surface area contributed by atoms with E-state index in [1.807, 2.05) is 54.6 Å². The first-order valence-electron chi connectivity index (χ1n) is 20.6. The average Bonchev–Trinajstić information content (AvgIpc) is 3.91. The normalized spacial score (nSPS) is 10.8. The number of unbranched alkanes of at least 4 members (excludes halogenated alkanes) is 1. The van der Waals surface area contributed by atoms with E-state index in [0.717, 1.165) is 39.5 Å². The molecule has 0 fully saturated rings. The van der Waals surface area contributed by atoms with Crippen LogP contribution in [0.5, 0.6) is 0 Å². The Labute approximate surface area is 400 Å². The summed E-state index contributed by atoms with van der Waals surface area (Å²) in [6.07, 6.45) is 20.7. The van der Waals surface area contributed by atoms with Crippen molar-refractivity contribution in [3.05, 3.63) is 241 Å². The maximum Gasteiger partial charge on any atom is 1.00 e. The minimum atomic E-state index is -0.714. The van der Waals surface area contributed by atoms with Crippen molar-refractivity contribution in [1.82, 2.24) is 0 Å². The van der Waals surface area contributed by atoms with Crippen molar-refractivity contribution in [1.29, 1.82) is 0 Å². The summed E-state index contributed by atoms with van der Waals surface area (Å²) >= 11 is 0. The van der Waals surface area contributed by atoms with Crippen molar-refractivity contribution in [2.24, 2.45) is 0 Å². The van der Waals surface area contributed by atoms with Crippen LogP contribution in [-0.2, 0) is 51.2 Å². The molecule has 0 N–H and O–H groups in total. The fourth-order valence-corrected chi connectivity index (χ4v) is 13.7. The van der Waals surface area contributed by atoms with Crippen LogP contribution >= 0.6 is 15.8 Å². The van der Waals surface area contributed by atoms with E-state index in [9.17, 15) is 0 Å². The third kappa shape index (κ3) is 11.1. The number of benzene rings is 8. The predicted molar refractivity (Wildman–Crippen MR) is 261 cm³/mol. The molecule has 5 heteroatoms. The smallest absolute Gasteiger partial charge is 0.458 e. The van der Waals surface area contributed by atoms with Gasteiger partial charge in [-0.1, -0.05) is 145 Å². The zero-order valence-electron chi connectivity index (χ0n) is 34.2. The molecule has 0 saturated carbocycles. The van der Waals surface area contributed by atoms with Gasteiger partial charge >= 0.3 is 44.8 Å². The van der Waals surface area contributed by atoms with Crippen molar-refractivity contribution in [2.75, 3.05) is 12.3 Å². The Bertz CT molecular complexity index is 2720. The number of furan rings is 1. The van der Waals surface area contributed by atoms with E-state index in [4.69, 9.17) is 17.3 Å². The van der Waals surface area contributed by atoms with Crippen LogP contribution in [0.4, 0.5) is 0 Å². The van der Waals surface area contributed by atoms with E-state index in [1.165, 1.54) is 68.6 Å². The molecule has 0 amide bonds. The first-order valence-corrected chi connectivity index (χ1v) is 24.0. The first-order chi connectivity index (χ1) is 29.7. The summed E-state index contributed by atoms with van der Waals surface area (Å²) in [6, 6.07) is 72.6. The van der Waals surface area contributed by atoms with Gasteiger partial charge in [0, 0.05) is 5.39 Å². The molecule has 1 aliphatic rings. The average molecular weight is 1200 g/mol. The van der Waals surface area contributed by atoms with E-state index < -0.39 is 15.8 Å². The van der Waals surface area contributed by atoms with E-state index in [1.54, 1.807) is 0 Å². The van der Waals surface area contributed by atoms with Gasteiger partial charge in [-0.2, -0.15) is 0 Å². The molecule has 310 valence electrons. The molecule has 0 saturated heterocycles. The van der Waals surface area contributed by atoms with Gasteiger partial charge in [-0.05, 0) is 96.4 Å². The van der Waals surface area contributed by atoms with Gasteiger partial charge in [-0.3, -0.25) is 11.8 Å². The van der Waals surface area contributed by atoms with Crippen LogP contribution in [0.3, 0.4) is 0 Å². The third-order valence-electron chi connectivity index (χ3n) is 11.1. The Kier molecular flexibility index (Phi) is 17.6. The number of para-hydroxylation sites is 1. The molecule has 0 aliphatic heterocycles. The summed E-state index contributed by atoms with van der Waals surface area (Å²) in [7, 11) is -1.43. The molecule has 8 aromatic carbocycles. The third-order valence-corrected chi connectivity index (χ3v) is 16.9. The Morgan fingerprint density at radius 2 is 0.839 bits per heavy atom. The topological polar surface area (TPSA) is 13.1 Å². The summed E-state index contributed by atoms with van der Waals surface area (Å²) in [6.45, 7) is 0. The van der Waals surface area contributed by atoms with Crippen LogP contribution in [0.15, 0.2) is 211 Å². The summed E-state index contributed by atoms with van der Waals surface area (Å²) in [5, 5.41) is 8.15. The van der Waals surface area contributed by atoms with Crippen LogP contribution in [0.2, 0.25) is 0 Å². The van der Waals surface area contributed by atoms with Gasteiger partial charge in [0.15, 0.2) is 0 Å². The fraction of sp³-hybridized carbons (Fsp3) is 0.0877.